The molecule has 3 N–H and O–H groups in total. The largest absolute Gasteiger partial charge is 0.462 e. The van der Waals surface area contributed by atoms with Gasteiger partial charge in [0.25, 0.3) is 0 Å². The summed E-state index contributed by atoms with van der Waals surface area (Å²) in [5.74, 6) is 0.120. The molecule has 1 aromatic rings. The van der Waals surface area contributed by atoms with Gasteiger partial charge in [-0.15, -0.1) is 0 Å². The summed E-state index contributed by atoms with van der Waals surface area (Å²) in [5.41, 5.74) is 7.55. The third kappa shape index (κ3) is 9.04. The lowest BCUT2D eigenvalue weighted by molar-refractivity contribution is -0.138. The zero-order chi connectivity index (χ0) is 16.9. The second kappa shape index (κ2) is 11.7. The van der Waals surface area contributed by atoms with Crippen LogP contribution in [-0.4, -0.2) is 25.7 Å². The molecule has 1 unspecified atom stereocenters. The van der Waals surface area contributed by atoms with E-state index >= 15 is 0 Å². The number of anilines is 1. The predicted molar refractivity (Wildman–Crippen MR) is 97.3 cm³/mol. The molecule has 0 heterocycles. The zero-order valence-corrected chi connectivity index (χ0v) is 14.4. The Morgan fingerprint density at radius 1 is 1.26 bits per heavy atom. The first kappa shape index (κ1) is 19.2. The molecule has 0 aliphatic carbocycles. The molecule has 4 heteroatoms. The van der Waals surface area contributed by atoms with E-state index in [0.29, 0.717) is 12.5 Å². The van der Waals surface area contributed by atoms with Crippen LogP contribution in [0.2, 0.25) is 0 Å². The van der Waals surface area contributed by atoms with Gasteiger partial charge in [-0.2, -0.15) is 0 Å². The fourth-order valence-corrected chi connectivity index (χ4v) is 1.95. The van der Waals surface area contributed by atoms with Crippen LogP contribution in [0.25, 0.3) is 6.08 Å². The lowest BCUT2D eigenvalue weighted by Gasteiger charge is -2.07. The SMILES string of the molecule is CCC(C)COC(=O)C=Cc1ccc(NCCCCCN)cc1. The summed E-state index contributed by atoms with van der Waals surface area (Å²) in [6.07, 6.45) is 7.64. The number of esters is 1. The first-order valence-electron chi connectivity index (χ1n) is 8.54. The Morgan fingerprint density at radius 2 is 2.00 bits per heavy atom. The molecular weight excluding hydrogens is 288 g/mol. The van der Waals surface area contributed by atoms with Crippen LogP contribution < -0.4 is 11.1 Å². The number of unbranched alkanes of at least 4 members (excludes halogenated alkanes) is 2. The highest BCUT2D eigenvalue weighted by atomic mass is 16.5. The summed E-state index contributed by atoms with van der Waals surface area (Å²) < 4.78 is 5.18. The molecule has 0 aromatic heterocycles. The van der Waals surface area contributed by atoms with Crippen molar-refractivity contribution in [1.82, 2.24) is 0 Å². The molecule has 0 bridgehead atoms. The molecule has 23 heavy (non-hydrogen) atoms. The van der Waals surface area contributed by atoms with Gasteiger partial charge in [0.05, 0.1) is 6.61 Å². The second-order valence-electron chi connectivity index (χ2n) is 5.87. The van der Waals surface area contributed by atoms with Crippen molar-refractivity contribution in [3.8, 4) is 0 Å². The minimum atomic E-state index is -0.285. The molecule has 0 saturated carbocycles. The molecule has 0 amide bonds. The van der Waals surface area contributed by atoms with Crippen molar-refractivity contribution < 1.29 is 9.53 Å². The van der Waals surface area contributed by atoms with Crippen molar-refractivity contribution in [2.24, 2.45) is 11.7 Å². The van der Waals surface area contributed by atoms with E-state index < -0.39 is 0 Å². The first-order chi connectivity index (χ1) is 11.2. The van der Waals surface area contributed by atoms with E-state index in [4.69, 9.17) is 10.5 Å². The van der Waals surface area contributed by atoms with Gasteiger partial charge in [-0.05, 0) is 49.1 Å². The molecule has 0 fully saturated rings. The number of hydrogen-bond acceptors (Lipinski definition) is 4. The van der Waals surface area contributed by atoms with Gasteiger partial charge in [0.2, 0.25) is 0 Å². The van der Waals surface area contributed by atoms with Crippen molar-refractivity contribution in [3.05, 3.63) is 35.9 Å². The molecule has 0 aliphatic heterocycles. The standard InChI is InChI=1S/C19H30N2O2/c1-3-16(2)15-23-19(22)12-9-17-7-10-18(11-8-17)21-14-6-4-5-13-20/h7-12,16,21H,3-6,13-15,20H2,1-2H3. The first-order valence-corrected chi connectivity index (χ1v) is 8.54. The van der Waals surface area contributed by atoms with E-state index in [1.165, 1.54) is 6.08 Å². The van der Waals surface area contributed by atoms with Crippen LogP contribution in [0.4, 0.5) is 5.69 Å². The van der Waals surface area contributed by atoms with Crippen LogP contribution in [0.15, 0.2) is 30.3 Å². The molecule has 1 atom stereocenters. The smallest absolute Gasteiger partial charge is 0.330 e. The topological polar surface area (TPSA) is 64.3 Å². The monoisotopic (exact) mass is 318 g/mol. The van der Waals surface area contributed by atoms with Gasteiger partial charge < -0.3 is 15.8 Å². The molecule has 1 rings (SSSR count). The summed E-state index contributed by atoms with van der Waals surface area (Å²) in [7, 11) is 0. The quantitative estimate of drug-likeness (QED) is 0.370. The minimum Gasteiger partial charge on any atom is -0.462 e. The van der Waals surface area contributed by atoms with Gasteiger partial charge >= 0.3 is 5.97 Å². The van der Waals surface area contributed by atoms with Gasteiger partial charge in [-0.1, -0.05) is 38.8 Å². The zero-order valence-electron chi connectivity index (χ0n) is 14.4. The Labute approximate surface area is 140 Å². The van der Waals surface area contributed by atoms with Crippen LogP contribution >= 0.6 is 0 Å². The summed E-state index contributed by atoms with van der Waals surface area (Å²) in [4.78, 5) is 11.6. The van der Waals surface area contributed by atoms with Gasteiger partial charge in [0.15, 0.2) is 0 Å². The van der Waals surface area contributed by atoms with Crippen LogP contribution in [0.1, 0.15) is 45.1 Å². The van der Waals surface area contributed by atoms with Crippen molar-refractivity contribution in [2.75, 3.05) is 25.0 Å². The Bertz CT molecular complexity index is 469. The average molecular weight is 318 g/mol. The van der Waals surface area contributed by atoms with Gasteiger partial charge in [-0.25, -0.2) is 4.79 Å². The molecule has 0 radical (unpaired) electrons. The number of nitrogens with one attached hydrogen (secondary N) is 1. The summed E-state index contributed by atoms with van der Waals surface area (Å²) in [6.45, 7) is 6.35. The molecule has 4 nitrogen and oxygen atoms in total. The number of carbonyl (C=O) groups excluding carboxylic acids is 1. The van der Waals surface area contributed by atoms with Crippen LogP contribution in [-0.2, 0) is 9.53 Å². The van der Waals surface area contributed by atoms with Gasteiger partial charge in [-0.3, -0.25) is 0 Å². The van der Waals surface area contributed by atoms with Crippen LogP contribution in [0.3, 0.4) is 0 Å². The van der Waals surface area contributed by atoms with Gasteiger partial charge in [0.1, 0.15) is 0 Å². The number of nitrogens with two attached hydrogens (primary N) is 1. The fraction of sp³-hybridized carbons (Fsp3) is 0.526. The normalized spacial score (nSPS) is 12.3. The van der Waals surface area contributed by atoms with Crippen molar-refractivity contribution in [2.45, 2.75) is 39.5 Å². The lowest BCUT2D eigenvalue weighted by atomic mass is 10.1. The lowest BCUT2D eigenvalue weighted by Crippen LogP contribution is -2.08. The summed E-state index contributed by atoms with van der Waals surface area (Å²) in [6, 6.07) is 8.02. The Hall–Kier alpha value is -1.81. The average Bonchev–Trinajstić information content (AvgIpc) is 2.58. The van der Waals surface area contributed by atoms with E-state index in [1.54, 1.807) is 6.08 Å². The highest BCUT2D eigenvalue weighted by Gasteiger charge is 2.02. The molecule has 0 saturated heterocycles. The summed E-state index contributed by atoms with van der Waals surface area (Å²) >= 11 is 0. The van der Waals surface area contributed by atoms with Crippen LogP contribution in [0, 0.1) is 5.92 Å². The Morgan fingerprint density at radius 3 is 2.65 bits per heavy atom. The van der Waals surface area contributed by atoms with E-state index in [9.17, 15) is 4.79 Å². The Balaban J connectivity index is 2.32. The van der Waals surface area contributed by atoms with E-state index in [1.807, 2.05) is 24.3 Å². The fourth-order valence-electron chi connectivity index (χ4n) is 1.95. The maximum Gasteiger partial charge on any atom is 0.330 e. The number of hydrogen-bond donors (Lipinski definition) is 2. The van der Waals surface area contributed by atoms with E-state index in [-0.39, 0.29) is 5.97 Å². The molecule has 0 spiro atoms. The maximum atomic E-state index is 11.6. The van der Waals surface area contributed by atoms with Crippen molar-refractivity contribution in [3.63, 3.8) is 0 Å². The van der Waals surface area contributed by atoms with E-state index in [0.717, 1.165) is 50.0 Å². The minimum absolute atomic E-state index is 0.285. The highest BCUT2D eigenvalue weighted by Crippen LogP contribution is 2.11. The van der Waals surface area contributed by atoms with E-state index in [2.05, 4.69) is 19.2 Å². The van der Waals surface area contributed by atoms with Crippen molar-refractivity contribution in [1.29, 1.82) is 0 Å². The third-order valence-electron chi connectivity index (χ3n) is 3.74. The predicted octanol–water partition coefficient (Wildman–Crippen LogP) is 3.83. The molecule has 128 valence electrons. The Kier molecular flexibility index (Phi) is 9.80. The third-order valence-corrected chi connectivity index (χ3v) is 3.74. The number of carbonyl (C=O) groups is 1. The summed E-state index contributed by atoms with van der Waals surface area (Å²) in [5, 5.41) is 3.38. The number of rotatable bonds is 11. The molecule has 1 aromatic carbocycles. The number of benzene rings is 1. The molecular formula is C19H30N2O2. The number of ether oxygens (including phenoxy) is 1. The van der Waals surface area contributed by atoms with Gasteiger partial charge in [0, 0.05) is 18.3 Å². The second-order valence-corrected chi connectivity index (χ2v) is 5.87. The van der Waals surface area contributed by atoms with Crippen LogP contribution in [0.5, 0.6) is 0 Å². The highest BCUT2D eigenvalue weighted by molar-refractivity contribution is 5.87. The maximum absolute atomic E-state index is 11.6. The molecule has 0 aliphatic rings. The van der Waals surface area contributed by atoms with Crippen molar-refractivity contribution >= 4 is 17.7 Å².